The van der Waals surface area contributed by atoms with Crippen LogP contribution in [0.2, 0.25) is 0 Å². The minimum Gasteiger partial charge on any atom is -0.497 e. The van der Waals surface area contributed by atoms with Crippen LogP contribution >= 0.6 is 0 Å². The Morgan fingerprint density at radius 2 is 1.39 bits per heavy atom. The summed E-state index contributed by atoms with van der Waals surface area (Å²) in [5.74, 6) is 0.395. The third kappa shape index (κ3) is 5.08. The van der Waals surface area contributed by atoms with Crippen LogP contribution in [0.5, 0.6) is 5.75 Å². The number of benzene rings is 4. The summed E-state index contributed by atoms with van der Waals surface area (Å²) in [6.45, 7) is 0. The van der Waals surface area contributed by atoms with Gasteiger partial charge in [-0.25, -0.2) is 0 Å². The molecule has 31 heavy (non-hydrogen) atoms. The van der Waals surface area contributed by atoms with E-state index in [-0.39, 0.29) is 18.2 Å². The molecule has 5 heteroatoms. The van der Waals surface area contributed by atoms with Gasteiger partial charge in [-0.1, -0.05) is 42.5 Å². The molecule has 0 saturated carbocycles. The van der Waals surface area contributed by atoms with Gasteiger partial charge in [0.1, 0.15) is 5.75 Å². The fourth-order valence-electron chi connectivity index (χ4n) is 3.32. The van der Waals surface area contributed by atoms with Gasteiger partial charge < -0.3 is 15.4 Å². The second-order valence-electron chi connectivity index (χ2n) is 7.17. The highest BCUT2D eigenvalue weighted by atomic mass is 16.5. The zero-order valence-electron chi connectivity index (χ0n) is 17.1. The lowest BCUT2D eigenvalue weighted by Gasteiger charge is -2.09. The number of hydrogen-bond acceptors (Lipinski definition) is 3. The Bertz CT molecular complexity index is 1220. The van der Waals surface area contributed by atoms with Crippen LogP contribution in [0.1, 0.15) is 15.9 Å². The molecular formula is C26H22N2O3. The van der Waals surface area contributed by atoms with E-state index in [4.69, 9.17) is 4.74 Å². The Morgan fingerprint density at radius 3 is 2.10 bits per heavy atom. The van der Waals surface area contributed by atoms with Gasteiger partial charge in [-0.3, -0.25) is 9.59 Å². The number of methoxy groups -OCH3 is 1. The predicted octanol–water partition coefficient (Wildman–Crippen LogP) is 5.28. The predicted molar refractivity (Wildman–Crippen MR) is 124 cm³/mol. The molecule has 0 bridgehead atoms. The first-order valence-electron chi connectivity index (χ1n) is 9.94. The van der Waals surface area contributed by atoms with E-state index in [1.165, 1.54) is 0 Å². The standard InChI is InChI=1S/C26H22N2O3/c1-31-24-14-12-23(13-15-24)28-26(30)20-8-10-22(11-9-20)27-25(29)17-18-6-7-19-4-2-3-5-21(19)16-18/h2-16H,17H2,1H3,(H,27,29)(H,28,30). The summed E-state index contributed by atoms with van der Waals surface area (Å²) in [5, 5.41) is 7.98. The Hall–Kier alpha value is -4.12. The zero-order valence-corrected chi connectivity index (χ0v) is 17.1. The van der Waals surface area contributed by atoms with Gasteiger partial charge in [0.25, 0.3) is 5.91 Å². The highest BCUT2D eigenvalue weighted by Gasteiger charge is 2.08. The zero-order chi connectivity index (χ0) is 21.6. The molecule has 0 aliphatic rings. The van der Waals surface area contributed by atoms with Crippen molar-refractivity contribution in [1.82, 2.24) is 0 Å². The van der Waals surface area contributed by atoms with E-state index in [0.717, 1.165) is 22.1 Å². The van der Waals surface area contributed by atoms with Crippen molar-refractivity contribution < 1.29 is 14.3 Å². The van der Waals surface area contributed by atoms with E-state index in [0.29, 0.717) is 16.9 Å². The van der Waals surface area contributed by atoms with Crippen molar-refractivity contribution in [1.29, 1.82) is 0 Å². The van der Waals surface area contributed by atoms with Crippen LogP contribution in [0.3, 0.4) is 0 Å². The van der Waals surface area contributed by atoms with Crippen molar-refractivity contribution in [2.24, 2.45) is 0 Å². The number of rotatable bonds is 6. The van der Waals surface area contributed by atoms with E-state index in [1.807, 2.05) is 42.5 Å². The van der Waals surface area contributed by atoms with Crippen molar-refractivity contribution >= 4 is 34.0 Å². The number of fused-ring (bicyclic) bond motifs is 1. The lowest BCUT2D eigenvalue weighted by atomic mass is 10.0. The van der Waals surface area contributed by atoms with Crippen LogP contribution < -0.4 is 15.4 Å². The van der Waals surface area contributed by atoms with E-state index in [9.17, 15) is 9.59 Å². The molecule has 0 aliphatic heterocycles. The number of hydrogen-bond donors (Lipinski definition) is 2. The van der Waals surface area contributed by atoms with Crippen molar-refractivity contribution in [3.05, 3.63) is 102 Å². The molecule has 2 amide bonds. The summed E-state index contributed by atoms with van der Waals surface area (Å²) in [6, 6.07) is 28.0. The molecule has 0 radical (unpaired) electrons. The maximum absolute atomic E-state index is 12.4. The molecule has 0 atom stereocenters. The lowest BCUT2D eigenvalue weighted by Crippen LogP contribution is -2.15. The molecule has 4 rings (SSSR count). The Morgan fingerprint density at radius 1 is 0.742 bits per heavy atom. The molecule has 5 nitrogen and oxygen atoms in total. The Balaban J connectivity index is 1.35. The normalized spacial score (nSPS) is 10.5. The number of amides is 2. The van der Waals surface area contributed by atoms with Crippen molar-refractivity contribution in [2.75, 3.05) is 17.7 Å². The van der Waals surface area contributed by atoms with E-state index < -0.39 is 0 Å². The fraction of sp³-hybridized carbons (Fsp3) is 0.0769. The van der Waals surface area contributed by atoms with Crippen LogP contribution in [-0.2, 0) is 11.2 Å². The minimum atomic E-state index is -0.223. The maximum atomic E-state index is 12.4. The number of nitrogens with one attached hydrogen (secondary N) is 2. The minimum absolute atomic E-state index is 0.106. The summed E-state index contributed by atoms with van der Waals surface area (Å²) in [4.78, 5) is 24.9. The number of carbonyl (C=O) groups is 2. The molecule has 4 aromatic rings. The molecule has 0 aliphatic carbocycles. The fourth-order valence-corrected chi connectivity index (χ4v) is 3.32. The summed E-state index contributed by atoms with van der Waals surface area (Å²) in [5.41, 5.74) is 2.78. The summed E-state index contributed by atoms with van der Waals surface area (Å²) in [7, 11) is 1.59. The quantitative estimate of drug-likeness (QED) is 0.454. The van der Waals surface area contributed by atoms with E-state index in [1.54, 1.807) is 55.6 Å². The SMILES string of the molecule is COc1ccc(NC(=O)c2ccc(NC(=O)Cc3ccc4ccccc4c3)cc2)cc1. The van der Waals surface area contributed by atoms with Crippen molar-refractivity contribution in [2.45, 2.75) is 6.42 Å². The third-order valence-corrected chi connectivity index (χ3v) is 4.96. The summed E-state index contributed by atoms with van der Waals surface area (Å²) >= 11 is 0. The van der Waals surface area contributed by atoms with E-state index in [2.05, 4.69) is 10.6 Å². The second-order valence-corrected chi connectivity index (χ2v) is 7.17. The molecule has 0 spiro atoms. The average Bonchev–Trinajstić information content (AvgIpc) is 2.80. The molecule has 154 valence electrons. The summed E-state index contributed by atoms with van der Waals surface area (Å²) < 4.78 is 5.11. The number of ether oxygens (including phenoxy) is 1. The van der Waals surface area contributed by atoms with Crippen LogP contribution in [-0.4, -0.2) is 18.9 Å². The van der Waals surface area contributed by atoms with Gasteiger partial charge in [0.2, 0.25) is 5.91 Å². The second kappa shape index (κ2) is 9.13. The number of anilines is 2. The molecule has 0 fully saturated rings. The van der Waals surface area contributed by atoms with Gasteiger partial charge in [-0.2, -0.15) is 0 Å². The number of carbonyl (C=O) groups excluding carboxylic acids is 2. The van der Waals surface area contributed by atoms with E-state index >= 15 is 0 Å². The molecular weight excluding hydrogens is 388 g/mol. The van der Waals surface area contributed by atoms with Crippen molar-refractivity contribution in [3.8, 4) is 5.75 Å². The lowest BCUT2D eigenvalue weighted by molar-refractivity contribution is -0.115. The topological polar surface area (TPSA) is 67.4 Å². The first-order valence-corrected chi connectivity index (χ1v) is 9.94. The molecule has 0 unspecified atom stereocenters. The summed E-state index contributed by atoms with van der Waals surface area (Å²) in [6.07, 6.45) is 0.282. The molecule has 2 N–H and O–H groups in total. The third-order valence-electron chi connectivity index (χ3n) is 4.96. The smallest absolute Gasteiger partial charge is 0.255 e. The van der Waals surface area contributed by atoms with Crippen LogP contribution in [0.15, 0.2) is 91.0 Å². The van der Waals surface area contributed by atoms with Crippen molar-refractivity contribution in [3.63, 3.8) is 0 Å². The van der Waals surface area contributed by atoms with Crippen LogP contribution in [0.25, 0.3) is 10.8 Å². The average molecular weight is 410 g/mol. The van der Waals surface area contributed by atoms with Crippen LogP contribution in [0, 0.1) is 0 Å². The van der Waals surface area contributed by atoms with Gasteiger partial charge >= 0.3 is 0 Å². The van der Waals surface area contributed by atoms with Gasteiger partial charge in [-0.15, -0.1) is 0 Å². The largest absolute Gasteiger partial charge is 0.497 e. The van der Waals surface area contributed by atoms with Gasteiger partial charge in [0.05, 0.1) is 13.5 Å². The molecule has 0 saturated heterocycles. The highest BCUT2D eigenvalue weighted by molar-refractivity contribution is 6.04. The van der Waals surface area contributed by atoms with Gasteiger partial charge in [0.15, 0.2) is 0 Å². The first-order chi connectivity index (χ1) is 15.1. The first kappa shape index (κ1) is 20.2. The molecule has 0 heterocycles. The van der Waals surface area contributed by atoms with Crippen LogP contribution in [0.4, 0.5) is 11.4 Å². The Kier molecular flexibility index (Phi) is 5.94. The van der Waals surface area contributed by atoms with Gasteiger partial charge in [-0.05, 0) is 64.9 Å². The Labute approximate surface area is 180 Å². The molecule has 4 aromatic carbocycles. The van der Waals surface area contributed by atoms with Gasteiger partial charge in [0, 0.05) is 16.9 Å². The maximum Gasteiger partial charge on any atom is 0.255 e. The highest BCUT2D eigenvalue weighted by Crippen LogP contribution is 2.18. The molecule has 0 aromatic heterocycles. The monoisotopic (exact) mass is 410 g/mol.